The molecule has 0 amide bonds. The van der Waals surface area contributed by atoms with Gasteiger partial charge in [-0.25, -0.2) is 0 Å². The van der Waals surface area contributed by atoms with E-state index >= 15 is 0 Å². The first-order chi connectivity index (χ1) is 15.7. The van der Waals surface area contributed by atoms with Crippen LogP contribution in [0.2, 0.25) is 0 Å². The fourth-order valence-corrected chi connectivity index (χ4v) is 4.72. The lowest BCUT2D eigenvalue weighted by atomic mass is 9.75. The third kappa shape index (κ3) is 5.24. The fourth-order valence-electron chi connectivity index (χ4n) is 3.86. The van der Waals surface area contributed by atoms with E-state index in [1.54, 1.807) is 35.2 Å². The van der Waals surface area contributed by atoms with Crippen LogP contribution in [0.25, 0.3) is 11.1 Å². The van der Waals surface area contributed by atoms with Crippen molar-refractivity contribution in [1.82, 2.24) is 0 Å². The van der Waals surface area contributed by atoms with Crippen LogP contribution in [0.15, 0.2) is 29.2 Å². The maximum absolute atomic E-state index is 10.5. The molecule has 2 aromatic rings. The number of hydrogen-bond acceptors (Lipinski definition) is 5. The summed E-state index contributed by atoms with van der Waals surface area (Å²) in [5.74, 6) is 0. The molecular weight excluding hydrogens is 455 g/mol. The first-order valence-corrected chi connectivity index (χ1v) is 13.1. The Bertz CT molecular complexity index is 1030. The predicted octanol–water partition coefficient (Wildman–Crippen LogP) is 5.99. The largest absolute Gasteiger partial charge is 0.427 e. The van der Waals surface area contributed by atoms with Gasteiger partial charge in [0, 0.05) is 22.4 Å². The molecule has 35 heavy (non-hydrogen) atoms. The molecule has 0 saturated heterocycles. The first kappa shape index (κ1) is 28.3. The van der Waals surface area contributed by atoms with Gasteiger partial charge < -0.3 is 19.1 Å². The lowest BCUT2D eigenvalue weighted by Gasteiger charge is -2.37. The molecule has 0 aromatic heterocycles. The second-order valence-electron chi connectivity index (χ2n) is 12.6. The zero-order valence-corrected chi connectivity index (χ0v) is 24.3. The molecule has 1 aliphatic rings. The number of fused-ring (bicyclic) bond motifs is 3. The summed E-state index contributed by atoms with van der Waals surface area (Å²) in [4.78, 5) is 1.06. The van der Waals surface area contributed by atoms with E-state index in [9.17, 15) is 10.2 Å². The van der Waals surface area contributed by atoms with Crippen LogP contribution in [-0.4, -0.2) is 40.1 Å². The molecule has 2 aromatic carbocycles. The van der Waals surface area contributed by atoms with Crippen molar-refractivity contribution in [1.29, 1.82) is 0 Å². The molecule has 0 bridgehead atoms. The van der Waals surface area contributed by atoms with Gasteiger partial charge in [0.05, 0.1) is 16.8 Å². The number of aryl methyl sites for hydroxylation is 2. The standard InChI is InChI=1S/C29H42BO4S/c1-17-13-19-20-14-18(2)24(35-34-29(11,12)27(7,8)32)16-22(20)25(3,4)21(19)15-23(17)30-33-28(9,10)26(5,6)31/h13-16,31-32H,1-12H3. The molecule has 6 heteroatoms. The Morgan fingerprint density at radius 2 is 1.23 bits per heavy atom. The molecule has 1 radical (unpaired) electrons. The SMILES string of the molecule is Cc1cc2c(cc1[B]OC(C)(C)C(C)(C)O)C(C)(C)c1cc(SOC(C)(C)C(C)(C)O)c(C)cc1-2. The Hall–Kier alpha value is -1.31. The molecule has 0 heterocycles. The quantitative estimate of drug-likeness (QED) is 0.346. The molecular formula is C29H42BO4S. The Morgan fingerprint density at radius 3 is 1.74 bits per heavy atom. The number of hydrogen-bond donors (Lipinski definition) is 2. The molecule has 0 aliphatic heterocycles. The van der Waals surface area contributed by atoms with Crippen molar-refractivity contribution in [2.45, 2.75) is 116 Å². The van der Waals surface area contributed by atoms with Crippen molar-refractivity contribution in [3.8, 4) is 11.1 Å². The molecule has 3 rings (SSSR count). The molecule has 4 nitrogen and oxygen atoms in total. The van der Waals surface area contributed by atoms with E-state index in [1.165, 1.54) is 34.3 Å². The van der Waals surface area contributed by atoms with E-state index in [2.05, 4.69) is 52.0 Å². The zero-order valence-electron chi connectivity index (χ0n) is 23.5. The van der Waals surface area contributed by atoms with E-state index in [4.69, 9.17) is 8.84 Å². The van der Waals surface area contributed by atoms with E-state index in [0.29, 0.717) is 0 Å². The summed E-state index contributed by atoms with van der Waals surface area (Å²) in [6, 6.07) is 8.96. The van der Waals surface area contributed by atoms with Gasteiger partial charge in [-0.05, 0) is 109 Å². The molecule has 0 saturated carbocycles. The Morgan fingerprint density at radius 1 is 0.743 bits per heavy atom. The van der Waals surface area contributed by atoms with Gasteiger partial charge in [-0.15, -0.1) is 0 Å². The van der Waals surface area contributed by atoms with Crippen LogP contribution < -0.4 is 5.46 Å². The average Bonchev–Trinajstić information content (AvgIpc) is 2.88. The third-order valence-electron chi connectivity index (χ3n) is 8.13. The van der Waals surface area contributed by atoms with Crippen LogP contribution in [-0.2, 0) is 14.3 Å². The summed E-state index contributed by atoms with van der Waals surface area (Å²) in [5.41, 5.74) is 4.75. The summed E-state index contributed by atoms with van der Waals surface area (Å²) >= 11 is 1.34. The monoisotopic (exact) mass is 497 g/mol. The van der Waals surface area contributed by atoms with Crippen molar-refractivity contribution < 1.29 is 19.1 Å². The highest BCUT2D eigenvalue weighted by Crippen LogP contribution is 2.50. The first-order valence-electron chi connectivity index (χ1n) is 12.3. The molecule has 2 N–H and O–H groups in total. The van der Waals surface area contributed by atoms with E-state index in [1.807, 2.05) is 27.7 Å². The van der Waals surface area contributed by atoms with Gasteiger partial charge in [-0.1, -0.05) is 37.0 Å². The lowest BCUT2D eigenvalue weighted by Crippen LogP contribution is -2.49. The van der Waals surface area contributed by atoms with Crippen molar-refractivity contribution in [3.63, 3.8) is 0 Å². The van der Waals surface area contributed by atoms with Crippen LogP contribution in [0.4, 0.5) is 0 Å². The Kier molecular flexibility index (Phi) is 7.20. The molecule has 1 aliphatic carbocycles. The lowest BCUT2D eigenvalue weighted by molar-refractivity contribution is -0.0893. The second kappa shape index (κ2) is 8.92. The maximum Gasteiger partial charge on any atom is 0.331 e. The van der Waals surface area contributed by atoms with Crippen LogP contribution in [0, 0.1) is 13.8 Å². The summed E-state index contributed by atoms with van der Waals surface area (Å²) < 4.78 is 12.2. The number of benzene rings is 2. The van der Waals surface area contributed by atoms with Gasteiger partial charge in [0.25, 0.3) is 0 Å². The minimum Gasteiger partial charge on any atom is -0.427 e. The van der Waals surface area contributed by atoms with E-state index < -0.39 is 22.4 Å². The van der Waals surface area contributed by atoms with E-state index in [0.717, 1.165) is 21.5 Å². The summed E-state index contributed by atoms with van der Waals surface area (Å²) in [6.45, 7) is 23.4. The molecule has 0 spiro atoms. The number of aliphatic hydroxyl groups is 2. The third-order valence-corrected chi connectivity index (χ3v) is 9.24. The van der Waals surface area contributed by atoms with Gasteiger partial charge in [0.1, 0.15) is 5.60 Å². The van der Waals surface area contributed by atoms with Crippen molar-refractivity contribution in [3.05, 3.63) is 46.5 Å². The zero-order chi connectivity index (χ0) is 26.8. The molecule has 191 valence electrons. The average molecular weight is 498 g/mol. The van der Waals surface area contributed by atoms with Crippen molar-refractivity contribution in [2.24, 2.45) is 0 Å². The minimum atomic E-state index is -0.975. The van der Waals surface area contributed by atoms with Gasteiger partial charge in [0.15, 0.2) is 0 Å². The fraction of sp³-hybridized carbons (Fsp3) is 0.586. The van der Waals surface area contributed by atoms with Crippen LogP contribution in [0.1, 0.15) is 91.5 Å². The van der Waals surface area contributed by atoms with Gasteiger partial charge >= 0.3 is 7.48 Å². The summed E-state index contributed by atoms with van der Waals surface area (Å²) in [5, 5.41) is 20.9. The van der Waals surface area contributed by atoms with Crippen LogP contribution in [0.3, 0.4) is 0 Å². The Balaban J connectivity index is 1.95. The maximum atomic E-state index is 10.5. The molecule has 0 fully saturated rings. The molecule has 0 atom stereocenters. The van der Waals surface area contributed by atoms with Gasteiger partial charge in [-0.2, -0.15) is 0 Å². The van der Waals surface area contributed by atoms with Crippen molar-refractivity contribution in [2.75, 3.05) is 0 Å². The van der Waals surface area contributed by atoms with Gasteiger partial charge in [0.2, 0.25) is 0 Å². The highest BCUT2D eigenvalue weighted by Gasteiger charge is 2.40. The topological polar surface area (TPSA) is 58.9 Å². The normalized spacial score (nSPS) is 15.7. The Labute approximate surface area is 217 Å². The smallest absolute Gasteiger partial charge is 0.331 e. The van der Waals surface area contributed by atoms with Crippen LogP contribution in [0.5, 0.6) is 0 Å². The minimum absolute atomic E-state index is 0.193. The van der Waals surface area contributed by atoms with E-state index in [-0.39, 0.29) is 5.41 Å². The summed E-state index contributed by atoms with van der Waals surface area (Å²) in [6.07, 6.45) is 0. The molecule has 0 unspecified atom stereocenters. The highest BCUT2D eigenvalue weighted by molar-refractivity contribution is 7.94. The number of rotatable bonds is 8. The second-order valence-corrected chi connectivity index (χ2v) is 13.4. The summed E-state index contributed by atoms with van der Waals surface area (Å²) in [7, 11) is 1.78. The van der Waals surface area contributed by atoms with Gasteiger partial charge in [-0.3, -0.25) is 0 Å². The van der Waals surface area contributed by atoms with Crippen LogP contribution >= 0.6 is 12.0 Å². The van der Waals surface area contributed by atoms with Crippen molar-refractivity contribution >= 4 is 25.0 Å². The predicted molar refractivity (Wildman–Crippen MR) is 148 cm³/mol. The highest BCUT2D eigenvalue weighted by atomic mass is 32.2.